The van der Waals surface area contributed by atoms with E-state index in [1.807, 2.05) is 0 Å². The van der Waals surface area contributed by atoms with Crippen molar-refractivity contribution in [1.82, 2.24) is 0 Å². The van der Waals surface area contributed by atoms with E-state index in [4.69, 9.17) is 51.1 Å². The molecule has 0 saturated heterocycles. The van der Waals surface area contributed by atoms with Crippen LogP contribution in [0.15, 0.2) is 12.1 Å². The summed E-state index contributed by atoms with van der Waals surface area (Å²) < 4.78 is 4.96. The van der Waals surface area contributed by atoms with E-state index in [2.05, 4.69) is 0 Å². The first-order chi connectivity index (χ1) is 5.65. The maximum atomic E-state index is 5.75. The summed E-state index contributed by atoms with van der Waals surface area (Å²) in [5.41, 5.74) is 0. The standard InChI is InChI=1S/C7H4Cl4O/c8-3-12-7-2-5(10)4(9)1-6(7)11/h1-2H,3H2. The Kier molecular flexibility index (Phi) is 3.78. The second-order valence-corrected chi connectivity index (χ2v) is 3.39. The van der Waals surface area contributed by atoms with Gasteiger partial charge in [-0.05, 0) is 6.07 Å². The van der Waals surface area contributed by atoms with E-state index < -0.39 is 0 Å². The third-order valence-electron chi connectivity index (χ3n) is 1.18. The molecule has 0 saturated carbocycles. The van der Waals surface area contributed by atoms with E-state index in [0.717, 1.165) is 0 Å². The molecular weight excluding hydrogens is 242 g/mol. The molecular formula is C7H4Cl4O. The Hall–Kier alpha value is 0.180. The fraction of sp³-hybridized carbons (Fsp3) is 0.143. The van der Waals surface area contributed by atoms with Crippen molar-refractivity contribution in [3.05, 3.63) is 27.2 Å². The Morgan fingerprint density at radius 3 is 2.17 bits per heavy atom. The molecule has 0 aliphatic rings. The molecule has 0 aliphatic carbocycles. The van der Waals surface area contributed by atoms with Gasteiger partial charge in [0.25, 0.3) is 0 Å². The van der Waals surface area contributed by atoms with Gasteiger partial charge in [0.15, 0.2) is 6.07 Å². The van der Waals surface area contributed by atoms with Crippen molar-refractivity contribution in [2.24, 2.45) is 0 Å². The van der Waals surface area contributed by atoms with Gasteiger partial charge in [-0.25, -0.2) is 0 Å². The highest BCUT2D eigenvalue weighted by Gasteiger charge is 2.05. The van der Waals surface area contributed by atoms with Crippen LogP contribution in [0.1, 0.15) is 0 Å². The number of rotatable bonds is 2. The van der Waals surface area contributed by atoms with Gasteiger partial charge in [-0.2, -0.15) is 0 Å². The van der Waals surface area contributed by atoms with Crippen LogP contribution in [0, 0.1) is 0 Å². The van der Waals surface area contributed by atoms with Crippen molar-refractivity contribution in [2.75, 3.05) is 6.07 Å². The zero-order chi connectivity index (χ0) is 9.14. The summed E-state index contributed by atoms with van der Waals surface area (Å²) in [5.74, 6) is 0.432. The second-order valence-electron chi connectivity index (χ2n) is 1.95. The lowest BCUT2D eigenvalue weighted by Gasteiger charge is -2.05. The highest BCUT2D eigenvalue weighted by molar-refractivity contribution is 6.43. The molecule has 1 nitrogen and oxygen atoms in total. The van der Waals surface area contributed by atoms with Gasteiger partial charge < -0.3 is 4.74 Å². The minimum atomic E-state index is 0.0255. The lowest BCUT2D eigenvalue weighted by Crippen LogP contribution is -1.89. The summed E-state index contributed by atoms with van der Waals surface area (Å²) >= 11 is 22.5. The summed E-state index contributed by atoms with van der Waals surface area (Å²) in [5, 5.41) is 1.18. The van der Waals surface area contributed by atoms with Gasteiger partial charge in [-0.1, -0.05) is 46.4 Å². The molecule has 66 valence electrons. The van der Waals surface area contributed by atoms with Crippen LogP contribution in [0.25, 0.3) is 0 Å². The predicted molar refractivity (Wildman–Crippen MR) is 52.8 cm³/mol. The molecule has 0 aliphatic heterocycles. The van der Waals surface area contributed by atoms with Gasteiger partial charge in [0.1, 0.15) is 5.75 Å². The summed E-state index contributed by atoms with van der Waals surface area (Å²) in [7, 11) is 0. The topological polar surface area (TPSA) is 9.23 Å². The summed E-state index contributed by atoms with van der Waals surface area (Å²) in [6.45, 7) is 0. The fourth-order valence-corrected chi connectivity index (χ4v) is 1.38. The van der Waals surface area contributed by atoms with Gasteiger partial charge in [0.05, 0.1) is 15.1 Å². The highest BCUT2D eigenvalue weighted by atomic mass is 35.5. The van der Waals surface area contributed by atoms with Gasteiger partial charge in [0.2, 0.25) is 0 Å². The number of ether oxygens (including phenoxy) is 1. The van der Waals surface area contributed by atoms with E-state index in [1.165, 1.54) is 12.1 Å². The molecule has 0 atom stereocenters. The maximum absolute atomic E-state index is 5.75. The molecule has 1 aromatic rings. The molecule has 0 radical (unpaired) electrons. The third kappa shape index (κ3) is 2.33. The minimum absolute atomic E-state index is 0.0255. The smallest absolute Gasteiger partial charge is 0.162 e. The van der Waals surface area contributed by atoms with Crippen molar-refractivity contribution < 1.29 is 4.74 Å². The maximum Gasteiger partial charge on any atom is 0.162 e. The van der Waals surface area contributed by atoms with Crippen molar-refractivity contribution in [1.29, 1.82) is 0 Å². The molecule has 1 rings (SSSR count). The Balaban J connectivity index is 3.05. The Bertz CT molecular complexity index is 287. The van der Waals surface area contributed by atoms with Gasteiger partial charge in [0, 0.05) is 6.07 Å². The molecule has 0 amide bonds. The Morgan fingerprint density at radius 1 is 1.00 bits per heavy atom. The molecule has 0 fully saturated rings. The van der Waals surface area contributed by atoms with Crippen molar-refractivity contribution in [2.45, 2.75) is 0 Å². The van der Waals surface area contributed by atoms with Crippen molar-refractivity contribution >= 4 is 46.4 Å². The zero-order valence-corrected chi connectivity index (χ0v) is 8.81. The van der Waals surface area contributed by atoms with E-state index in [0.29, 0.717) is 20.8 Å². The molecule has 1 aromatic carbocycles. The second kappa shape index (κ2) is 4.43. The normalized spacial score (nSPS) is 10.0. The van der Waals surface area contributed by atoms with Gasteiger partial charge in [-0.15, -0.1) is 0 Å². The molecule has 0 heterocycles. The van der Waals surface area contributed by atoms with Gasteiger partial charge in [-0.3, -0.25) is 0 Å². The van der Waals surface area contributed by atoms with Gasteiger partial charge >= 0.3 is 0 Å². The number of hydrogen-bond acceptors (Lipinski definition) is 1. The zero-order valence-electron chi connectivity index (χ0n) is 5.78. The first-order valence-electron chi connectivity index (χ1n) is 2.98. The predicted octanol–water partition coefficient (Wildman–Crippen LogP) is 4.22. The Labute approximate surface area is 90.1 Å². The van der Waals surface area contributed by atoms with E-state index in [9.17, 15) is 0 Å². The molecule has 0 N–H and O–H groups in total. The molecule has 5 heteroatoms. The van der Waals surface area contributed by atoms with Crippen molar-refractivity contribution in [3.63, 3.8) is 0 Å². The Morgan fingerprint density at radius 2 is 1.58 bits per heavy atom. The quantitative estimate of drug-likeness (QED) is 0.560. The molecule has 0 bridgehead atoms. The first kappa shape index (κ1) is 10.3. The van der Waals surface area contributed by atoms with Crippen LogP contribution in [-0.4, -0.2) is 6.07 Å². The van der Waals surface area contributed by atoms with Crippen molar-refractivity contribution in [3.8, 4) is 5.75 Å². The highest BCUT2D eigenvalue weighted by Crippen LogP contribution is 2.33. The van der Waals surface area contributed by atoms with Crippen LogP contribution in [-0.2, 0) is 0 Å². The van der Waals surface area contributed by atoms with Crippen LogP contribution in [0.3, 0.4) is 0 Å². The van der Waals surface area contributed by atoms with Crippen LogP contribution < -0.4 is 4.74 Å². The molecule has 0 unspecified atom stereocenters. The lowest BCUT2D eigenvalue weighted by molar-refractivity contribution is 0.388. The number of alkyl halides is 1. The van der Waals surface area contributed by atoms with Crippen LogP contribution in [0.2, 0.25) is 15.1 Å². The lowest BCUT2D eigenvalue weighted by atomic mass is 10.3. The van der Waals surface area contributed by atoms with E-state index in [-0.39, 0.29) is 6.07 Å². The van der Waals surface area contributed by atoms with Crippen LogP contribution >= 0.6 is 46.4 Å². The average molecular weight is 246 g/mol. The van der Waals surface area contributed by atoms with E-state index >= 15 is 0 Å². The largest absolute Gasteiger partial charge is 0.476 e. The summed E-state index contributed by atoms with van der Waals surface area (Å²) in [4.78, 5) is 0. The monoisotopic (exact) mass is 244 g/mol. The molecule has 0 aromatic heterocycles. The minimum Gasteiger partial charge on any atom is -0.476 e. The van der Waals surface area contributed by atoms with E-state index in [1.54, 1.807) is 0 Å². The fourth-order valence-electron chi connectivity index (χ4n) is 0.674. The van der Waals surface area contributed by atoms with Crippen LogP contribution in [0.5, 0.6) is 5.75 Å². The summed E-state index contributed by atoms with van der Waals surface area (Å²) in [6, 6.07) is 3.06. The van der Waals surface area contributed by atoms with Crippen LogP contribution in [0.4, 0.5) is 0 Å². The number of benzene rings is 1. The number of halogens is 4. The average Bonchev–Trinajstić information content (AvgIpc) is 2.01. The summed E-state index contributed by atoms with van der Waals surface area (Å²) in [6.07, 6.45) is 0. The molecule has 12 heavy (non-hydrogen) atoms. The third-order valence-corrected chi connectivity index (χ3v) is 2.31. The number of hydrogen-bond donors (Lipinski definition) is 0. The SMILES string of the molecule is ClCOc1cc(Cl)c(Cl)cc1Cl. The molecule has 0 spiro atoms. The first-order valence-corrected chi connectivity index (χ1v) is 4.65.